The van der Waals surface area contributed by atoms with Crippen LogP contribution in [0.5, 0.6) is 0 Å². The Morgan fingerprint density at radius 1 is 1.15 bits per heavy atom. The lowest BCUT2D eigenvalue weighted by Gasteiger charge is -2.06. The van der Waals surface area contributed by atoms with Crippen LogP contribution in [0.3, 0.4) is 0 Å². The van der Waals surface area contributed by atoms with E-state index in [2.05, 4.69) is 21.2 Å². The lowest BCUT2D eigenvalue weighted by Crippen LogP contribution is -2.12. The molecular weight excluding hydrogens is 341 g/mol. The van der Waals surface area contributed by atoms with Crippen LogP contribution in [-0.4, -0.2) is 5.91 Å². The second-order valence-electron chi connectivity index (χ2n) is 4.26. The molecule has 0 fully saturated rings. The number of fused-ring (bicyclic) bond motifs is 1. The van der Waals surface area contributed by atoms with Crippen LogP contribution in [0.4, 0.5) is 10.1 Å². The second-order valence-corrected chi connectivity index (χ2v) is 6.06. The Morgan fingerprint density at radius 2 is 2.00 bits per heavy atom. The third-order valence-electron chi connectivity index (χ3n) is 2.89. The van der Waals surface area contributed by atoms with Gasteiger partial charge in [-0.1, -0.05) is 0 Å². The largest absolute Gasteiger partial charge is 0.322 e. The summed E-state index contributed by atoms with van der Waals surface area (Å²) < 4.78 is 14.9. The molecule has 1 heterocycles. The number of benzene rings is 2. The molecule has 0 aliphatic rings. The first-order valence-corrected chi connectivity index (χ1v) is 7.54. The second kappa shape index (κ2) is 5.34. The molecule has 1 amide bonds. The smallest absolute Gasteiger partial charge is 0.255 e. The molecule has 1 N–H and O–H groups in total. The van der Waals surface area contributed by atoms with Crippen molar-refractivity contribution in [1.29, 1.82) is 0 Å². The molecule has 0 bridgehead atoms. The summed E-state index contributed by atoms with van der Waals surface area (Å²) in [7, 11) is 0. The van der Waals surface area contributed by atoms with E-state index in [0.717, 1.165) is 10.1 Å². The molecule has 3 rings (SSSR count). The molecule has 3 aromatic rings. The highest BCUT2D eigenvalue weighted by Crippen LogP contribution is 2.24. The van der Waals surface area contributed by atoms with Gasteiger partial charge in [-0.15, -0.1) is 11.3 Å². The van der Waals surface area contributed by atoms with Crippen molar-refractivity contribution in [2.75, 3.05) is 5.32 Å². The van der Waals surface area contributed by atoms with Gasteiger partial charge in [-0.05, 0) is 69.2 Å². The number of thiophene rings is 1. The van der Waals surface area contributed by atoms with Crippen LogP contribution in [0, 0.1) is 5.82 Å². The van der Waals surface area contributed by atoms with E-state index in [4.69, 9.17) is 0 Å². The average Bonchev–Trinajstić information content (AvgIpc) is 2.89. The fourth-order valence-electron chi connectivity index (χ4n) is 1.89. The molecule has 1 aromatic heterocycles. The van der Waals surface area contributed by atoms with Gasteiger partial charge in [-0.3, -0.25) is 4.79 Å². The Labute approximate surface area is 127 Å². The van der Waals surface area contributed by atoms with Crippen molar-refractivity contribution in [3.8, 4) is 0 Å². The third kappa shape index (κ3) is 2.59. The number of carbonyl (C=O) groups excluding carboxylic acids is 1. The van der Waals surface area contributed by atoms with Crippen LogP contribution in [-0.2, 0) is 0 Å². The first-order chi connectivity index (χ1) is 9.63. The van der Waals surface area contributed by atoms with E-state index in [-0.39, 0.29) is 11.5 Å². The molecule has 5 heteroatoms. The summed E-state index contributed by atoms with van der Waals surface area (Å²) in [5, 5.41) is 5.85. The molecule has 100 valence electrons. The Bertz CT molecular complexity index is 799. The van der Waals surface area contributed by atoms with Crippen LogP contribution in [0.1, 0.15) is 10.4 Å². The van der Waals surface area contributed by atoms with Crippen LogP contribution in [0.2, 0.25) is 0 Å². The molecule has 2 nitrogen and oxygen atoms in total. The molecular formula is C15H9BrFNOS. The van der Waals surface area contributed by atoms with Gasteiger partial charge in [-0.25, -0.2) is 4.39 Å². The molecule has 0 radical (unpaired) electrons. The summed E-state index contributed by atoms with van der Waals surface area (Å²) >= 11 is 4.71. The maximum atomic E-state index is 13.4. The zero-order valence-electron chi connectivity index (χ0n) is 10.2. The molecule has 20 heavy (non-hydrogen) atoms. The molecule has 0 aliphatic heterocycles. The van der Waals surface area contributed by atoms with Gasteiger partial charge in [0, 0.05) is 16.0 Å². The predicted octanol–water partition coefficient (Wildman–Crippen LogP) is 5.06. The standard InChI is InChI=1S/C15H9BrFNOS/c16-12-3-1-10(8-13(12)17)15(19)18-11-2-4-14-9(7-11)5-6-20-14/h1-8H,(H,18,19). The van der Waals surface area contributed by atoms with E-state index in [1.807, 2.05) is 29.6 Å². The van der Waals surface area contributed by atoms with Crippen molar-refractivity contribution >= 4 is 48.9 Å². The maximum absolute atomic E-state index is 13.4. The highest BCUT2D eigenvalue weighted by Gasteiger charge is 2.09. The van der Waals surface area contributed by atoms with Crippen molar-refractivity contribution in [2.45, 2.75) is 0 Å². The molecule has 0 unspecified atom stereocenters. The molecule has 0 saturated heterocycles. The van der Waals surface area contributed by atoms with Gasteiger partial charge in [0.05, 0.1) is 4.47 Å². The van der Waals surface area contributed by atoms with Crippen LogP contribution in [0.25, 0.3) is 10.1 Å². The summed E-state index contributed by atoms with van der Waals surface area (Å²) in [6.07, 6.45) is 0. The van der Waals surface area contributed by atoms with E-state index < -0.39 is 5.82 Å². The van der Waals surface area contributed by atoms with Crippen molar-refractivity contribution < 1.29 is 9.18 Å². The Balaban J connectivity index is 1.85. The van der Waals surface area contributed by atoms with E-state index in [0.29, 0.717) is 10.2 Å². The van der Waals surface area contributed by atoms with E-state index in [1.54, 1.807) is 17.4 Å². The van der Waals surface area contributed by atoms with Crippen LogP contribution < -0.4 is 5.32 Å². The van der Waals surface area contributed by atoms with Crippen molar-refractivity contribution in [3.63, 3.8) is 0 Å². The zero-order chi connectivity index (χ0) is 14.1. The first kappa shape index (κ1) is 13.3. The van der Waals surface area contributed by atoms with E-state index in [9.17, 15) is 9.18 Å². The van der Waals surface area contributed by atoms with Crippen molar-refractivity contribution in [1.82, 2.24) is 0 Å². The van der Waals surface area contributed by atoms with Crippen LogP contribution in [0.15, 0.2) is 52.3 Å². The molecule has 0 aliphatic carbocycles. The maximum Gasteiger partial charge on any atom is 0.255 e. The normalized spacial score (nSPS) is 10.7. The van der Waals surface area contributed by atoms with Gasteiger partial charge in [0.15, 0.2) is 0 Å². The van der Waals surface area contributed by atoms with Gasteiger partial charge in [0.1, 0.15) is 5.82 Å². The number of carbonyl (C=O) groups is 1. The minimum atomic E-state index is -0.453. The number of nitrogens with one attached hydrogen (secondary N) is 1. The highest BCUT2D eigenvalue weighted by atomic mass is 79.9. The minimum absolute atomic E-state index is 0.288. The Morgan fingerprint density at radius 3 is 2.80 bits per heavy atom. The average molecular weight is 350 g/mol. The number of rotatable bonds is 2. The topological polar surface area (TPSA) is 29.1 Å². The number of hydrogen-bond acceptors (Lipinski definition) is 2. The lowest BCUT2D eigenvalue weighted by molar-refractivity contribution is 0.102. The number of amides is 1. The van der Waals surface area contributed by atoms with Gasteiger partial charge in [-0.2, -0.15) is 0 Å². The fourth-order valence-corrected chi connectivity index (χ4v) is 2.90. The van der Waals surface area contributed by atoms with Crippen molar-refractivity contribution in [3.05, 3.63) is 63.7 Å². The fraction of sp³-hybridized carbons (Fsp3) is 0. The number of halogens is 2. The van der Waals surface area contributed by atoms with Gasteiger partial charge < -0.3 is 5.32 Å². The molecule has 0 atom stereocenters. The van der Waals surface area contributed by atoms with E-state index >= 15 is 0 Å². The highest BCUT2D eigenvalue weighted by molar-refractivity contribution is 9.10. The zero-order valence-corrected chi connectivity index (χ0v) is 12.6. The lowest BCUT2D eigenvalue weighted by atomic mass is 10.2. The summed E-state index contributed by atoms with van der Waals surface area (Å²) in [6.45, 7) is 0. The number of anilines is 1. The minimum Gasteiger partial charge on any atom is -0.322 e. The first-order valence-electron chi connectivity index (χ1n) is 5.87. The Hall–Kier alpha value is -1.72. The SMILES string of the molecule is O=C(Nc1ccc2sccc2c1)c1ccc(Br)c(F)c1. The van der Waals surface area contributed by atoms with Gasteiger partial charge >= 0.3 is 0 Å². The number of hydrogen-bond donors (Lipinski definition) is 1. The third-order valence-corrected chi connectivity index (χ3v) is 4.43. The molecule has 0 saturated carbocycles. The summed E-state index contributed by atoms with van der Waals surface area (Å²) in [5.74, 6) is -0.781. The summed E-state index contributed by atoms with van der Waals surface area (Å²) in [4.78, 5) is 12.1. The Kier molecular flexibility index (Phi) is 3.54. The molecule has 0 spiro atoms. The predicted molar refractivity (Wildman–Crippen MR) is 83.9 cm³/mol. The monoisotopic (exact) mass is 349 g/mol. The molecule has 2 aromatic carbocycles. The summed E-state index contributed by atoms with van der Waals surface area (Å²) in [6, 6.07) is 12.0. The van der Waals surface area contributed by atoms with Gasteiger partial charge in [0.25, 0.3) is 5.91 Å². The van der Waals surface area contributed by atoms with Crippen LogP contribution >= 0.6 is 27.3 Å². The van der Waals surface area contributed by atoms with Crippen molar-refractivity contribution in [2.24, 2.45) is 0 Å². The van der Waals surface area contributed by atoms with E-state index in [1.165, 1.54) is 12.1 Å². The summed E-state index contributed by atoms with van der Waals surface area (Å²) in [5.41, 5.74) is 0.986. The van der Waals surface area contributed by atoms with Gasteiger partial charge in [0.2, 0.25) is 0 Å². The quantitative estimate of drug-likeness (QED) is 0.688.